The Labute approximate surface area is 148 Å². The van der Waals surface area contributed by atoms with Gasteiger partial charge in [-0.2, -0.15) is 4.98 Å². The second-order valence-corrected chi connectivity index (χ2v) is 13.5. The molecule has 0 unspecified atom stereocenters. The topological polar surface area (TPSA) is 65.4 Å². The zero-order valence-electron chi connectivity index (χ0n) is 15.1. The van der Waals surface area contributed by atoms with E-state index in [4.69, 9.17) is 9.16 Å². The molecular formula is C14H25BFN3O3SSi. The Morgan fingerprint density at radius 1 is 1.58 bits per heavy atom. The SMILES string of the molecule is BNc1nc(=O)n([C@H]2CO[C@@H](CO[Si](C)(C)C(C)(C)C)S2)cc1F. The summed E-state index contributed by atoms with van der Waals surface area (Å²) >= 11 is 1.46. The summed E-state index contributed by atoms with van der Waals surface area (Å²) in [5, 5.41) is 2.40. The van der Waals surface area contributed by atoms with Crippen molar-refractivity contribution < 1.29 is 13.6 Å². The van der Waals surface area contributed by atoms with Crippen LogP contribution in [0.2, 0.25) is 18.1 Å². The van der Waals surface area contributed by atoms with E-state index in [0.717, 1.165) is 0 Å². The smallest absolute Gasteiger partial charge is 0.350 e. The van der Waals surface area contributed by atoms with E-state index in [2.05, 4.69) is 44.1 Å². The summed E-state index contributed by atoms with van der Waals surface area (Å²) in [6.07, 6.45) is 1.18. The third kappa shape index (κ3) is 4.22. The van der Waals surface area contributed by atoms with E-state index >= 15 is 0 Å². The number of anilines is 1. The van der Waals surface area contributed by atoms with Gasteiger partial charge in [-0.15, -0.1) is 11.8 Å². The molecule has 0 amide bonds. The number of rotatable bonds is 5. The maximum absolute atomic E-state index is 13.9. The normalized spacial score (nSPS) is 21.9. The molecule has 0 aromatic carbocycles. The third-order valence-electron chi connectivity index (χ3n) is 4.57. The zero-order chi connectivity index (χ0) is 18.1. The van der Waals surface area contributed by atoms with Crippen molar-refractivity contribution in [3.05, 3.63) is 22.5 Å². The van der Waals surface area contributed by atoms with Gasteiger partial charge in [0.25, 0.3) is 0 Å². The molecule has 0 spiro atoms. The largest absolute Gasteiger partial charge is 0.417 e. The van der Waals surface area contributed by atoms with Crippen LogP contribution in [-0.4, -0.2) is 44.5 Å². The molecule has 0 saturated carbocycles. The molecule has 6 nitrogen and oxygen atoms in total. The third-order valence-corrected chi connectivity index (χ3v) is 10.3. The molecule has 2 atom stereocenters. The summed E-state index contributed by atoms with van der Waals surface area (Å²) in [6, 6.07) is 0. The molecule has 1 aliphatic heterocycles. The van der Waals surface area contributed by atoms with E-state index in [1.165, 1.54) is 30.5 Å². The Balaban J connectivity index is 2.01. The van der Waals surface area contributed by atoms with Gasteiger partial charge in [0.1, 0.15) is 10.8 Å². The Kier molecular flexibility index (Phi) is 5.83. The molecule has 2 rings (SSSR count). The number of thioether (sulfide) groups is 1. The number of hydrogen-bond donors (Lipinski definition) is 1. The van der Waals surface area contributed by atoms with Gasteiger partial charge in [-0.1, -0.05) is 20.8 Å². The predicted octanol–water partition coefficient (Wildman–Crippen LogP) is 1.95. The van der Waals surface area contributed by atoms with Gasteiger partial charge in [0.15, 0.2) is 20.0 Å². The molecule has 1 aromatic heterocycles. The van der Waals surface area contributed by atoms with Crippen LogP contribution in [0.3, 0.4) is 0 Å². The molecule has 134 valence electrons. The second-order valence-electron chi connectivity index (χ2n) is 7.30. The van der Waals surface area contributed by atoms with Crippen LogP contribution in [0, 0.1) is 5.82 Å². The van der Waals surface area contributed by atoms with Crippen LogP contribution >= 0.6 is 11.8 Å². The molecular weight excluding hydrogens is 348 g/mol. The second kappa shape index (κ2) is 7.19. The highest BCUT2D eigenvalue weighted by Crippen LogP contribution is 2.39. The summed E-state index contributed by atoms with van der Waals surface area (Å²) in [7, 11) is -0.324. The lowest BCUT2D eigenvalue weighted by Crippen LogP contribution is -2.42. The van der Waals surface area contributed by atoms with Crippen molar-refractivity contribution in [2.24, 2.45) is 0 Å². The van der Waals surface area contributed by atoms with Crippen molar-refractivity contribution >= 4 is 33.9 Å². The first kappa shape index (κ1) is 19.5. The van der Waals surface area contributed by atoms with Crippen LogP contribution in [0.5, 0.6) is 0 Å². The van der Waals surface area contributed by atoms with Gasteiger partial charge in [-0.05, 0) is 18.1 Å². The molecule has 1 saturated heterocycles. The summed E-state index contributed by atoms with van der Waals surface area (Å²) in [5.74, 6) is -0.600. The number of halogens is 1. The maximum Gasteiger partial charge on any atom is 0.350 e. The van der Waals surface area contributed by atoms with Crippen LogP contribution in [0.15, 0.2) is 11.0 Å². The Morgan fingerprint density at radius 2 is 2.25 bits per heavy atom. The molecule has 0 radical (unpaired) electrons. The highest BCUT2D eigenvalue weighted by molar-refractivity contribution is 8.00. The van der Waals surface area contributed by atoms with Gasteiger partial charge < -0.3 is 14.4 Å². The lowest BCUT2D eigenvalue weighted by atomic mass is 10.2. The molecule has 1 N–H and O–H groups in total. The maximum atomic E-state index is 13.9. The van der Waals surface area contributed by atoms with Crippen molar-refractivity contribution in [2.75, 3.05) is 18.4 Å². The summed E-state index contributed by atoms with van der Waals surface area (Å²) < 4.78 is 27.0. The van der Waals surface area contributed by atoms with Crippen molar-refractivity contribution in [3.63, 3.8) is 0 Å². The first-order valence-corrected chi connectivity index (χ1v) is 11.8. The van der Waals surface area contributed by atoms with Gasteiger partial charge in [0, 0.05) is 6.20 Å². The van der Waals surface area contributed by atoms with E-state index in [9.17, 15) is 9.18 Å². The Morgan fingerprint density at radius 3 is 2.83 bits per heavy atom. The average Bonchev–Trinajstić information content (AvgIpc) is 2.94. The zero-order valence-corrected chi connectivity index (χ0v) is 16.9. The first-order chi connectivity index (χ1) is 11.0. The molecule has 1 fully saturated rings. The average molecular weight is 373 g/mol. The molecule has 1 aromatic rings. The highest BCUT2D eigenvalue weighted by Gasteiger charge is 2.39. The number of nitrogens with zero attached hydrogens (tertiary/aromatic N) is 2. The minimum Gasteiger partial charge on any atom is -0.417 e. The minimum absolute atomic E-state index is 0.0435. The number of aromatic nitrogens is 2. The van der Waals surface area contributed by atoms with Crippen LogP contribution in [0.1, 0.15) is 26.1 Å². The van der Waals surface area contributed by atoms with Crippen molar-refractivity contribution in [2.45, 2.75) is 49.7 Å². The van der Waals surface area contributed by atoms with Crippen LogP contribution in [0.4, 0.5) is 10.2 Å². The fourth-order valence-electron chi connectivity index (χ4n) is 2.00. The van der Waals surface area contributed by atoms with Crippen molar-refractivity contribution in [3.8, 4) is 0 Å². The Bertz CT molecular complexity index is 653. The molecule has 0 aliphatic carbocycles. The molecule has 24 heavy (non-hydrogen) atoms. The standard InChI is InChI=1S/C14H25BFN3O3SSi/c1-14(2,3)24(4,5)22-8-11-21-7-10(23-11)19-6-9(16)12(18-15)17-13(19)20/h6,10-11H,7-8,15H2,1-5H3,(H,17,18,20)/t10-,11-/m1/s1. The summed E-state index contributed by atoms with van der Waals surface area (Å²) in [5.41, 5.74) is -0.657. The quantitative estimate of drug-likeness (QED) is 0.796. The molecule has 1 aliphatic rings. The van der Waals surface area contributed by atoms with Crippen LogP contribution in [0.25, 0.3) is 0 Å². The summed E-state index contributed by atoms with van der Waals surface area (Å²) in [6.45, 7) is 11.7. The van der Waals surface area contributed by atoms with Crippen LogP contribution in [-0.2, 0) is 9.16 Å². The number of nitrogens with one attached hydrogen (secondary N) is 1. The van der Waals surface area contributed by atoms with Crippen molar-refractivity contribution in [1.82, 2.24) is 9.55 Å². The summed E-state index contributed by atoms with van der Waals surface area (Å²) in [4.78, 5) is 15.8. The van der Waals surface area contributed by atoms with Gasteiger partial charge in [0.2, 0.25) is 7.98 Å². The van der Waals surface area contributed by atoms with Crippen LogP contribution < -0.4 is 10.9 Å². The van der Waals surface area contributed by atoms with E-state index in [0.29, 0.717) is 13.2 Å². The van der Waals surface area contributed by atoms with E-state index < -0.39 is 19.8 Å². The van der Waals surface area contributed by atoms with Gasteiger partial charge >= 0.3 is 5.69 Å². The van der Waals surface area contributed by atoms with Gasteiger partial charge in [-0.25, -0.2) is 9.18 Å². The van der Waals surface area contributed by atoms with E-state index in [1.807, 2.05) is 0 Å². The predicted molar refractivity (Wildman–Crippen MR) is 100 cm³/mol. The minimum atomic E-state index is -1.85. The molecule has 10 heteroatoms. The lowest BCUT2D eigenvalue weighted by molar-refractivity contribution is 0.0834. The van der Waals surface area contributed by atoms with Gasteiger partial charge in [0.05, 0.1) is 13.2 Å². The fraction of sp³-hybridized carbons (Fsp3) is 0.714. The first-order valence-electron chi connectivity index (χ1n) is 7.92. The van der Waals surface area contributed by atoms with E-state index in [1.54, 1.807) is 0 Å². The molecule has 2 heterocycles. The van der Waals surface area contributed by atoms with Crippen molar-refractivity contribution in [1.29, 1.82) is 0 Å². The lowest BCUT2D eigenvalue weighted by Gasteiger charge is -2.36. The van der Waals surface area contributed by atoms with Gasteiger partial charge in [-0.3, -0.25) is 4.57 Å². The number of hydrogen-bond acceptors (Lipinski definition) is 6. The van der Waals surface area contributed by atoms with E-state index in [-0.39, 0.29) is 21.7 Å². The number of ether oxygens (including phenoxy) is 1. The highest BCUT2D eigenvalue weighted by atomic mass is 32.2. The fourth-order valence-corrected chi connectivity index (χ4v) is 4.21. The molecule has 0 bridgehead atoms. The monoisotopic (exact) mass is 373 g/mol. The Hall–Kier alpha value is -0.838.